The first-order chi connectivity index (χ1) is 6.06. The summed E-state index contributed by atoms with van der Waals surface area (Å²) in [6.07, 6.45) is 3.64. The minimum atomic E-state index is -0.955. The molecule has 0 atom stereocenters. The smallest absolute Gasteiger partial charge is 0.120 e. The third kappa shape index (κ3) is 10.8. The summed E-state index contributed by atoms with van der Waals surface area (Å²) < 4.78 is 0. The lowest BCUT2D eigenvalue weighted by molar-refractivity contribution is 0.143. The molecule has 2 heteroatoms. The van der Waals surface area contributed by atoms with Crippen molar-refractivity contribution in [3.05, 3.63) is 12.2 Å². The zero-order valence-electron chi connectivity index (χ0n) is 7.96. The summed E-state index contributed by atoms with van der Waals surface area (Å²) in [7, 11) is 0. The van der Waals surface area contributed by atoms with E-state index < -0.39 is 5.60 Å². The monoisotopic (exact) mass is 178 g/mol. The molecule has 0 saturated heterocycles. The molecular formula is C11H14O2. The highest BCUT2D eigenvalue weighted by Gasteiger charge is 2.04. The first-order valence-corrected chi connectivity index (χ1v) is 4.05. The summed E-state index contributed by atoms with van der Waals surface area (Å²) in [5.41, 5.74) is -0.955. The van der Waals surface area contributed by atoms with Crippen LogP contribution < -0.4 is 0 Å². The Labute approximate surface area is 79.3 Å². The molecule has 0 radical (unpaired) electrons. The fourth-order valence-electron chi connectivity index (χ4n) is 0.489. The third-order valence-corrected chi connectivity index (χ3v) is 0.967. The van der Waals surface area contributed by atoms with Crippen LogP contribution in [0.1, 0.15) is 20.3 Å². The Kier molecular flexibility index (Phi) is 5.72. The summed E-state index contributed by atoms with van der Waals surface area (Å²) in [4.78, 5) is 0. The molecule has 2 nitrogen and oxygen atoms in total. The molecule has 0 aliphatic rings. The minimum Gasteiger partial charge on any atom is -0.395 e. The van der Waals surface area contributed by atoms with Crippen molar-refractivity contribution in [1.29, 1.82) is 0 Å². The predicted octanol–water partition coefficient (Wildman–Crippen LogP) is 0.703. The van der Waals surface area contributed by atoms with Gasteiger partial charge in [-0.1, -0.05) is 23.7 Å². The first-order valence-electron chi connectivity index (χ1n) is 4.05. The molecule has 0 fully saturated rings. The molecule has 0 bridgehead atoms. The van der Waals surface area contributed by atoms with Crippen molar-refractivity contribution in [2.45, 2.75) is 25.9 Å². The van der Waals surface area contributed by atoms with Crippen LogP contribution in [0.2, 0.25) is 0 Å². The predicted molar refractivity (Wildman–Crippen MR) is 52.7 cm³/mol. The van der Waals surface area contributed by atoms with E-state index in [0.29, 0.717) is 6.42 Å². The molecule has 0 saturated carbocycles. The van der Waals surface area contributed by atoms with Crippen molar-refractivity contribution in [2.75, 3.05) is 6.61 Å². The van der Waals surface area contributed by atoms with Crippen LogP contribution in [0, 0.1) is 23.7 Å². The fourth-order valence-corrected chi connectivity index (χ4v) is 0.489. The molecule has 0 aromatic heterocycles. The van der Waals surface area contributed by atoms with Crippen molar-refractivity contribution in [2.24, 2.45) is 0 Å². The average molecular weight is 178 g/mol. The van der Waals surface area contributed by atoms with Crippen LogP contribution in [0.15, 0.2) is 12.2 Å². The lowest BCUT2D eigenvalue weighted by Crippen LogP contribution is -2.14. The van der Waals surface area contributed by atoms with Crippen LogP contribution in [0.4, 0.5) is 0 Å². The van der Waals surface area contributed by atoms with E-state index >= 15 is 0 Å². The van der Waals surface area contributed by atoms with Gasteiger partial charge in [-0.25, -0.2) is 0 Å². The molecule has 2 N–H and O–H groups in total. The molecule has 0 aromatic carbocycles. The average Bonchev–Trinajstić information content (AvgIpc) is 2.01. The normalized spacial score (nSPS) is 10.2. The summed E-state index contributed by atoms with van der Waals surface area (Å²) in [5.74, 6) is 10.7. The van der Waals surface area contributed by atoms with Gasteiger partial charge in [0.1, 0.15) is 5.60 Å². The Hall–Kier alpha value is -1.22. The van der Waals surface area contributed by atoms with Crippen LogP contribution in [0.5, 0.6) is 0 Å². The minimum absolute atomic E-state index is 0.0796. The Morgan fingerprint density at radius 2 is 1.85 bits per heavy atom. The van der Waals surface area contributed by atoms with Gasteiger partial charge in [0.2, 0.25) is 0 Å². The maximum absolute atomic E-state index is 9.18. The van der Waals surface area contributed by atoms with Crippen molar-refractivity contribution in [3.8, 4) is 23.7 Å². The Morgan fingerprint density at radius 1 is 1.23 bits per heavy atom. The summed E-state index contributed by atoms with van der Waals surface area (Å²) in [5, 5.41) is 17.6. The number of hydrogen-bond donors (Lipinski definition) is 2. The van der Waals surface area contributed by atoms with Gasteiger partial charge in [-0.05, 0) is 26.0 Å². The molecule has 13 heavy (non-hydrogen) atoms. The maximum atomic E-state index is 9.18. The van der Waals surface area contributed by atoms with E-state index in [4.69, 9.17) is 5.11 Å². The van der Waals surface area contributed by atoms with E-state index in [1.165, 1.54) is 0 Å². The molecule has 0 heterocycles. The largest absolute Gasteiger partial charge is 0.395 e. The van der Waals surface area contributed by atoms with Gasteiger partial charge >= 0.3 is 0 Å². The van der Waals surface area contributed by atoms with E-state index in [0.717, 1.165) is 0 Å². The molecule has 0 rings (SSSR count). The SMILES string of the molecule is CC(C)(O)C#C/C=C/C#CCCO. The highest BCUT2D eigenvalue weighted by atomic mass is 16.3. The van der Waals surface area contributed by atoms with Crippen molar-refractivity contribution < 1.29 is 10.2 Å². The van der Waals surface area contributed by atoms with Crippen LogP contribution >= 0.6 is 0 Å². The highest BCUT2D eigenvalue weighted by molar-refractivity contribution is 5.26. The Morgan fingerprint density at radius 3 is 2.38 bits per heavy atom. The standard InChI is InChI=1S/C11H14O2/c1-11(2,13)9-7-5-3-4-6-8-10-12/h3,5,12-13H,8,10H2,1-2H3/b5-3+. The quantitative estimate of drug-likeness (QED) is 0.580. The van der Waals surface area contributed by atoms with Crippen molar-refractivity contribution in [1.82, 2.24) is 0 Å². The van der Waals surface area contributed by atoms with Gasteiger partial charge in [0.15, 0.2) is 0 Å². The summed E-state index contributed by atoms with van der Waals surface area (Å²) >= 11 is 0. The Bertz CT molecular complexity index is 273. The molecule has 0 aliphatic heterocycles. The molecule has 70 valence electrons. The number of aliphatic hydroxyl groups is 2. The Balaban J connectivity index is 3.88. The van der Waals surface area contributed by atoms with Gasteiger partial charge < -0.3 is 10.2 Å². The van der Waals surface area contributed by atoms with Gasteiger partial charge in [-0.15, -0.1) is 0 Å². The summed E-state index contributed by atoms with van der Waals surface area (Å²) in [6, 6.07) is 0. The van der Waals surface area contributed by atoms with Crippen LogP contribution in [0.25, 0.3) is 0 Å². The summed E-state index contributed by atoms with van der Waals surface area (Å²) in [6.45, 7) is 3.31. The van der Waals surface area contributed by atoms with Gasteiger partial charge in [0.05, 0.1) is 6.61 Å². The second-order valence-electron chi connectivity index (χ2n) is 2.96. The van der Waals surface area contributed by atoms with E-state index in [-0.39, 0.29) is 6.61 Å². The molecule has 0 spiro atoms. The van der Waals surface area contributed by atoms with E-state index in [1.54, 1.807) is 26.0 Å². The second-order valence-corrected chi connectivity index (χ2v) is 2.96. The molecule has 0 aliphatic carbocycles. The van der Waals surface area contributed by atoms with E-state index in [2.05, 4.69) is 23.7 Å². The lowest BCUT2D eigenvalue weighted by Gasteiger charge is -2.04. The molecular weight excluding hydrogens is 164 g/mol. The van der Waals surface area contributed by atoms with Crippen LogP contribution in [0.3, 0.4) is 0 Å². The number of allylic oxidation sites excluding steroid dienone is 2. The lowest BCUT2D eigenvalue weighted by atomic mass is 10.1. The molecule has 0 unspecified atom stereocenters. The van der Waals surface area contributed by atoms with Gasteiger partial charge in [0, 0.05) is 6.42 Å². The zero-order valence-corrected chi connectivity index (χ0v) is 7.96. The number of rotatable bonds is 1. The van der Waals surface area contributed by atoms with Gasteiger partial charge in [-0.3, -0.25) is 0 Å². The fraction of sp³-hybridized carbons (Fsp3) is 0.455. The van der Waals surface area contributed by atoms with E-state index in [1.807, 2.05) is 0 Å². The zero-order chi connectivity index (χ0) is 10.2. The molecule has 0 aromatic rings. The van der Waals surface area contributed by atoms with Crippen LogP contribution in [-0.2, 0) is 0 Å². The number of hydrogen-bond acceptors (Lipinski definition) is 2. The van der Waals surface area contributed by atoms with Gasteiger partial charge in [-0.2, -0.15) is 0 Å². The second kappa shape index (κ2) is 6.31. The highest BCUT2D eigenvalue weighted by Crippen LogP contribution is 1.95. The van der Waals surface area contributed by atoms with Gasteiger partial charge in [0.25, 0.3) is 0 Å². The van der Waals surface area contributed by atoms with Crippen LogP contribution in [-0.4, -0.2) is 22.4 Å². The van der Waals surface area contributed by atoms with E-state index in [9.17, 15) is 5.11 Å². The maximum Gasteiger partial charge on any atom is 0.120 e. The molecule has 0 amide bonds. The number of aliphatic hydroxyl groups excluding tert-OH is 1. The first kappa shape index (κ1) is 11.8. The topological polar surface area (TPSA) is 40.5 Å². The van der Waals surface area contributed by atoms with Crippen molar-refractivity contribution >= 4 is 0 Å². The third-order valence-electron chi connectivity index (χ3n) is 0.967. The van der Waals surface area contributed by atoms with Crippen molar-refractivity contribution in [3.63, 3.8) is 0 Å².